The second kappa shape index (κ2) is 14.0. The number of fused-ring (bicyclic) bond motifs is 8. The fraction of sp³-hybridized carbons (Fsp3) is 0.523. The van der Waals surface area contributed by atoms with Gasteiger partial charge in [-0.25, -0.2) is 18.7 Å². The van der Waals surface area contributed by atoms with E-state index >= 15 is 0 Å². The van der Waals surface area contributed by atoms with Crippen LogP contribution in [0.5, 0.6) is 5.75 Å². The lowest BCUT2D eigenvalue weighted by Gasteiger charge is -2.55. The van der Waals surface area contributed by atoms with Gasteiger partial charge in [-0.15, -0.1) is 0 Å². The van der Waals surface area contributed by atoms with Crippen LogP contribution in [-0.2, 0) is 22.6 Å². The first-order chi connectivity index (χ1) is 28.6. The van der Waals surface area contributed by atoms with Gasteiger partial charge in [-0.3, -0.25) is 29.5 Å². The van der Waals surface area contributed by atoms with Gasteiger partial charge in [-0.2, -0.15) is 0 Å². The highest BCUT2D eigenvalue weighted by Crippen LogP contribution is 2.48. The Morgan fingerprint density at radius 3 is 2.53 bits per heavy atom. The topological polar surface area (TPSA) is 130 Å². The van der Waals surface area contributed by atoms with Crippen molar-refractivity contribution in [2.24, 2.45) is 5.41 Å². The Balaban J connectivity index is 0.713. The molecule has 15 heteroatoms. The number of rotatable bonds is 6. The number of aromatic amines is 1. The molecule has 7 aliphatic rings. The molecule has 6 aliphatic heterocycles. The standard InChI is InChI=1S/C44H49F2N9O4/c1-25-16-31-29-4-2-3-5-33(29)49-38(31)39(54(25)21-36(45)46)26-17-47-43(48-18-26)52-23-44(24-52)12-10-27(11-13-44)51-14-15-53-28(19-51)22-59-40-32-20-55(35-8-9-37(56)50-41(35)57)42(58)30(32)6-7-34(40)53/h2-7,17-18,25,27-28,35-36,39,49H,8-16,19-24H2,1H3,(H,50,56,57)/t25-,28?,35?,39-/m1/s1. The molecule has 13 nitrogen and oxygen atoms in total. The molecule has 2 aromatic carbocycles. The van der Waals surface area contributed by atoms with Crippen molar-refractivity contribution in [3.05, 3.63) is 76.7 Å². The molecule has 0 radical (unpaired) electrons. The van der Waals surface area contributed by atoms with E-state index in [1.807, 2.05) is 54.5 Å². The molecule has 11 rings (SSSR count). The number of para-hydroxylation sites is 1. The Labute approximate surface area is 341 Å². The summed E-state index contributed by atoms with van der Waals surface area (Å²) in [5.41, 5.74) is 6.70. The summed E-state index contributed by atoms with van der Waals surface area (Å²) in [5, 5.41) is 3.53. The molecule has 1 spiro atoms. The van der Waals surface area contributed by atoms with Crippen LogP contribution in [0.1, 0.15) is 84.2 Å². The number of piperidine rings is 1. The van der Waals surface area contributed by atoms with E-state index < -0.39 is 18.4 Å². The predicted octanol–water partition coefficient (Wildman–Crippen LogP) is 4.65. The van der Waals surface area contributed by atoms with E-state index in [1.165, 1.54) is 5.56 Å². The summed E-state index contributed by atoms with van der Waals surface area (Å²) in [6.07, 6.45) is 7.13. The molecule has 0 bridgehead atoms. The van der Waals surface area contributed by atoms with E-state index in [0.717, 1.165) is 97.6 Å². The Morgan fingerprint density at radius 2 is 1.75 bits per heavy atom. The van der Waals surface area contributed by atoms with Gasteiger partial charge in [-0.05, 0) is 69.2 Å². The summed E-state index contributed by atoms with van der Waals surface area (Å²) in [6, 6.07) is 11.7. The molecule has 8 heterocycles. The maximum absolute atomic E-state index is 13.9. The SMILES string of the molecule is C[C@@H]1Cc2c([nH]c3ccccc23)[C@@H](c2cnc(N3CC4(CCC(N5CCN6c7ccc8c(c7OCC6C5)CN(C5CCC(=O)NC5=O)C8=O)CC4)C3)nc2)N1CC(F)F. The number of carbonyl (C=O) groups excluding carboxylic acids is 3. The largest absolute Gasteiger partial charge is 0.489 e. The average Bonchev–Trinajstić information content (AvgIpc) is 3.76. The molecule has 1 aliphatic carbocycles. The highest BCUT2D eigenvalue weighted by atomic mass is 19.3. The molecule has 4 aromatic rings. The maximum atomic E-state index is 13.9. The minimum Gasteiger partial charge on any atom is -0.489 e. The molecule has 59 heavy (non-hydrogen) atoms. The van der Waals surface area contributed by atoms with E-state index in [2.05, 4.69) is 31.1 Å². The van der Waals surface area contributed by atoms with Crippen LogP contribution in [0, 0.1) is 5.41 Å². The smallest absolute Gasteiger partial charge is 0.255 e. The number of piperazine rings is 1. The Morgan fingerprint density at radius 1 is 0.949 bits per heavy atom. The number of anilines is 2. The van der Waals surface area contributed by atoms with Gasteiger partial charge < -0.3 is 24.4 Å². The van der Waals surface area contributed by atoms with E-state index in [0.29, 0.717) is 43.5 Å². The lowest BCUT2D eigenvalue weighted by molar-refractivity contribution is -0.136. The third-order valence-corrected chi connectivity index (χ3v) is 14.6. The monoisotopic (exact) mass is 805 g/mol. The van der Waals surface area contributed by atoms with Gasteiger partial charge in [-0.1, -0.05) is 18.2 Å². The van der Waals surface area contributed by atoms with Crippen LogP contribution in [0.3, 0.4) is 0 Å². The fourth-order valence-electron chi connectivity index (χ4n) is 11.6. The molecular formula is C44H49F2N9O4. The van der Waals surface area contributed by atoms with Crippen molar-refractivity contribution >= 4 is 40.3 Å². The van der Waals surface area contributed by atoms with E-state index in [-0.39, 0.29) is 48.3 Å². The zero-order valence-corrected chi connectivity index (χ0v) is 33.2. The van der Waals surface area contributed by atoms with Gasteiger partial charge in [0.25, 0.3) is 12.3 Å². The van der Waals surface area contributed by atoms with Crippen LogP contribution in [-0.4, -0.2) is 124 Å². The first-order valence-electron chi connectivity index (χ1n) is 21.3. The molecule has 4 atom stereocenters. The third-order valence-electron chi connectivity index (χ3n) is 14.6. The highest BCUT2D eigenvalue weighted by molar-refractivity contribution is 6.06. The minimum atomic E-state index is -2.44. The number of alkyl halides is 2. The quantitative estimate of drug-likeness (QED) is 0.266. The van der Waals surface area contributed by atoms with Crippen LogP contribution < -0.4 is 19.9 Å². The molecule has 4 fully saturated rings. The maximum Gasteiger partial charge on any atom is 0.255 e. The number of aromatic nitrogens is 3. The van der Waals surface area contributed by atoms with Crippen LogP contribution in [0.25, 0.3) is 10.9 Å². The summed E-state index contributed by atoms with van der Waals surface area (Å²) in [5.74, 6) is 0.574. The van der Waals surface area contributed by atoms with Crippen molar-refractivity contribution in [2.75, 3.05) is 55.7 Å². The van der Waals surface area contributed by atoms with Crippen LogP contribution in [0.2, 0.25) is 0 Å². The Hall–Kier alpha value is -5.15. The van der Waals surface area contributed by atoms with Gasteiger partial charge >= 0.3 is 0 Å². The first-order valence-corrected chi connectivity index (χ1v) is 21.3. The third kappa shape index (κ3) is 6.09. The summed E-state index contributed by atoms with van der Waals surface area (Å²) < 4.78 is 34.3. The minimum absolute atomic E-state index is 0.0575. The van der Waals surface area contributed by atoms with E-state index in [1.54, 1.807) is 4.90 Å². The van der Waals surface area contributed by atoms with E-state index in [9.17, 15) is 23.2 Å². The van der Waals surface area contributed by atoms with Crippen LogP contribution >= 0.6 is 0 Å². The van der Waals surface area contributed by atoms with Crippen molar-refractivity contribution in [3.63, 3.8) is 0 Å². The van der Waals surface area contributed by atoms with Crippen molar-refractivity contribution < 1.29 is 27.9 Å². The second-order valence-corrected chi connectivity index (χ2v) is 18.0. The molecular weight excluding hydrogens is 757 g/mol. The second-order valence-electron chi connectivity index (χ2n) is 18.0. The normalized spacial score (nSPS) is 27.1. The Kier molecular flexibility index (Phi) is 8.74. The molecule has 3 amide bonds. The molecule has 308 valence electrons. The van der Waals surface area contributed by atoms with Crippen molar-refractivity contribution in [1.29, 1.82) is 0 Å². The summed E-state index contributed by atoms with van der Waals surface area (Å²) in [4.78, 5) is 61.8. The number of hydrogen-bond acceptors (Lipinski definition) is 10. The van der Waals surface area contributed by atoms with Crippen molar-refractivity contribution in [3.8, 4) is 5.75 Å². The zero-order chi connectivity index (χ0) is 40.2. The number of hydrogen-bond donors (Lipinski definition) is 2. The predicted molar refractivity (Wildman–Crippen MR) is 216 cm³/mol. The number of carbonyl (C=O) groups is 3. The summed E-state index contributed by atoms with van der Waals surface area (Å²) in [6.45, 7) is 7.21. The van der Waals surface area contributed by atoms with Gasteiger partial charge in [0.15, 0.2) is 0 Å². The number of ether oxygens (including phenoxy) is 1. The van der Waals surface area contributed by atoms with Crippen LogP contribution in [0.4, 0.5) is 20.4 Å². The summed E-state index contributed by atoms with van der Waals surface area (Å²) in [7, 11) is 0. The number of nitrogens with one attached hydrogen (secondary N) is 2. The Bertz CT molecular complexity index is 2340. The zero-order valence-electron chi connectivity index (χ0n) is 33.2. The lowest BCUT2D eigenvalue weighted by Crippen LogP contribution is -2.62. The fourth-order valence-corrected chi connectivity index (χ4v) is 11.6. The first kappa shape index (κ1) is 36.9. The number of amides is 3. The van der Waals surface area contributed by atoms with Crippen molar-refractivity contribution in [2.45, 2.75) is 95.0 Å². The van der Waals surface area contributed by atoms with Gasteiger partial charge in [0.05, 0.1) is 30.9 Å². The number of halogens is 2. The highest BCUT2D eigenvalue weighted by Gasteiger charge is 2.49. The average molecular weight is 806 g/mol. The lowest BCUT2D eigenvalue weighted by atomic mass is 9.67. The number of nitrogens with zero attached hydrogens (tertiary/aromatic N) is 7. The van der Waals surface area contributed by atoms with Gasteiger partial charge in [0.1, 0.15) is 18.4 Å². The van der Waals surface area contributed by atoms with Crippen molar-refractivity contribution in [1.82, 2.24) is 35.0 Å². The molecule has 2 unspecified atom stereocenters. The molecule has 3 saturated heterocycles. The van der Waals surface area contributed by atoms with Crippen LogP contribution in [0.15, 0.2) is 48.8 Å². The molecule has 2 aromatic heterocycles. The van der Waals surface area contributed by atoms with Gasteiger partial charge in [0, 0.05) is 102 Å². The van der Waals surface area contributed by atoms with Gasteiger partial charge in [0.2, 0.25) is 17.8 Å². The summed E-state index contributed by atoms with van der Waals surface area (Å²) >= 11 is 0. The van der Waals surface area contributed by atoms with E-state index in [4.69, 9.17) is 14.7 Å². The number of imide groups is 1. The number of benzene rings is 2. The molecule has 2 N–H and O–H groups in total. The molecule has 1 saturated carbocycles. The number of H-pyrrole nitrogens is 1.